The Morgan fingerprint density at radius 2 is 2.18 bits per heavy atom. The van der Waals surface area contributed by atoms with Gasteiger partial charge in [-0.3, -0.25) is 4.90 Å². The Kier molecular flexibility index (Phi) is 5.38. The van der Waals surface area contributed by atoms with Crippen LogP contribution in [0.1, 0.15) is 18.9 Å². The van der Waals surface area contributed by atoms with Gasteiger partial charge in [0.2, 0.25) is 0 Å². The normalized spacial score (nSPS) is 12.8. The zero-order chi connectivity index (χ0) is 12.8. The highest BCUT2D eigenvalue weighted by Gasteiger charge is 2.11. The molecule has 0 aliphatic rings. The summed E-state index contributed by atoms with van der Waals surface area (Å²) < 4.78 is 18.7. The fraction of sp³-hybridized carbons (Fsp3) is 0.538. The van der Waals surface area contributed by atoms with Gasteiger partial charge in [0.15, 0.2) is 0 Å². The van der Waals surface area contributed by atoms with Gasteiger partial charge < -0.3 is 10.5 Å². The largest absolute Gasteiger partial charge is 0.497 e. The first-order valence-electron chi connectivity index (χ1n) is 5.81. The molecule has 0 radical (unpaired) electrons. The van der Waals surface area contributed by atoms with Gasteiger partial charge in [-0.2, -0.15) is 0 Å². The van der Waals surface area contributed by atoms with E-state index in [9.17, 15) is 4.39 Å². The highest BCUT2D eigenvalue weighted by atomic mass is 19.1. The van der Waals surface area contributed by atoms with Crippen molar-refractivity contribution in [3.8, 4) is 5.75 Å². The van der Waals surface area contributed by atoms with Gasteiger partial charge in [-0.1, -0.05) is 6.07 Å². The Balaban J connectivity index is 2.68. The third-order valence-corrected chi connectivity index (χ3v) is 3.02. The molecule has 1 aromatic carbocycles. The zero-order valence-corrected chi connectivity index (χ0v) is 10.7. The van der Waals surface area contributed by atoms with Gasteiger partial charge in [-0.05, 0) is 33.0 Å². The van der Waals surface area contributed by atoms with E-state index in [0.29, 0.717) is 30.4 Å². The molecule has 1 rings (SSSR count). The number of benzene rings is 1. The number of rotatable bonds is 6. The van der Waals surface area contributed by atoms with Crippen LogP contribution in [0.4, 0.5) is 4.39 Å². The Hall–Kier alpha value is -1.13. The smallest absolute Gasteiger partial charge is 0.131 e. The third-order valence-electron chi connectivity index (χ3n) is 3.02. The Morgan fingerprint density at radius 1 is 1.47 bits per heavy atom. The molecule has 96 valence electrons. The van der Waals surface area contributed by atoms with Crippen molar-refractivity contribution < 1.29 is 9.13 Å². The number of methoxy groups -OCH3 is 1. The van der Waals surface area contributed by atoms with Gasteiger partial charge in [0.05, 0.1) is 7.11 Å². The Labute approximate surface area is 102 Å². The second-order valence-electron chi connectivity index (χ2n) is 4.30. The summed E-state index contributed by atoms with van der Waals surface area (Å²) >= 11 is 0. The van der Waals surface area contributed by atoms with E-state index < -0.39 is 0 Å². The number of hydrogen-bond acceptors (Lipinski definition) is 3. The number of hydrogen-bond donors (Lipinski definition) is 1. The van der Waals surface area contributed by atoms with Crippen molar-refractivity contribution in [2.24, 2.45) is 5.73 Å². The Morgan fingerprint density at radius 3 is 2.71 bits per heavy atom. The first kappa shape index (κ1) is 13.9. The lowest BCUT2D eigenvalue weighted by atomic mass is 10.1. The minimum absolute atomic E-state index is 0.226. The molecule has 0 aromatic heterocycles. The van der Waals surface area contributed by atoms with E-state index in [1.165, 1.54) is 13.2 Å². The average Bonchev–Trinajstić information content (AvgIpc) is 2.31. The van der Waals surface area contributed by atoms with Crippen LogP contribution >= 0.6 is 0 Å². The molecule has 0 saturated carbocycles. The lowest BCUT2D eigenvalue weighted by Crippen LogP contribution is -2.30. The van der Waals surface area contributed by atoms with Gasteiger partial charge in [-0.25, -0.2) is 4.39 Å². The molecule has 1 aromatic rings. The monoisotopic (exact) mass is 240 g/mol. The summed E-state index contributed by atoms with van der Waals surface area (Å²) in [5.74, 6) is 0.319. The van der Waals surface area contributed by atoms with Crippen LogP contribution in [0.2, 0.25) is 0 Å². The maximum absolute atomic E-state index is 13.7. The predicted octanol–water partition coefficient (Wildman–Crippen LogP) is 2.00. The van der Waals surface area contributed by atoms with Crippen molar-refractivity contribution in [3.63, 3.8) is 0 Å². The first-order valence-corrected chi connectivity index (χ1v) is 5.81. The van der Waals surface area contributed by atoms with E-state index in [0.717, 1.165) is 6.42 Å². The van der Waals surface area contributed by atoms with Crippen LogP contribution in [0.15, 0.2) is 18.2 Å². The second-order valence-corrected chi connectivity index (χ2v) is 4.30. The molecule has 0 amide bonds. The number of nitrogens with zero attached hydrogens (tertiary/aromatic N) is 1. The lowest BCUT2D eigenvalue weighted by molar-refractivity contribution is 0.237. The van der Waals surface area contributed by atoms with E-state index in [1.807, 2.05) is 7.05 Å². The van der Waals surface area contributed by atoms with E-state index in [1.54, 1.807) is 12.1 Å². The number of halogens is 1. The molecule has 17 heavy (non-hydrogen) atoms. The van der Waals surface area contributed by atoms with Crippen LogP contribution in [0.5, 0.6) is 5.75 Å². The molecule has 3 nitrogen and oxygen atoms in total. The molecule has 4 heteroatoms. The predicted molar refractivity (Wildman–Crippen MR) is 67.6 cm³/mol. The Bertz CT molecular complexity index is 357. The topological polar surface area (TPSA) is 38.5 Å². The molecule has 0 aliphatic carbocycles. The van der Waals surface area contributed by atoms with Crippen LogP contribution in [0.25, 0.3) is 0 Å². The second kappa shape index (κ2) is 6.57. The van der Waals surface area contributed by atoms with Crippen LogP contribution in [-0.4, -0.2) is 31.6 Å². The summed E-state index contributed by atoms with van der Waals surface area (Å²) in [4.78, 5) is 2.09. The highest BCUT2D eigenvalue weighted by molar-refractivity contribution is 5.28. The summed E-state index contributed by atoms with van der Waals surface area (Å²) in [6.45, 7) is 3.32. The molecular formula is C13H21FN2O. The van der Waals surface area contributed by atoms with Crippen molar-refractivity contribution in [1.82, 2.24) is 4.90 Å². The summed E-state index contributed by atoms with van der Waals surface area (Å²) in [6, 6.07) is 5.30. The van der Waals surface area contributed by atoms with E-state index in [-0.39, 0.29) is 5.82 Å². The van der Waals surface area contributed by atoms with Gasteiger partial charge >= 0.3 is 0 Å². The van der Waals surface area contributed by atoms with Crippen LogP contribution in [-0.2, 0) is 6.54 Å². The molecule has 0 aliphatic heterocycles. The molecule has 2 N–H and O–H groups in total. The molecule has 0 fully saturated rings. The molecule has 0 spiro atoms. The summed E-state index contributed by atoms with van der Waals surface area (Å²) in [5, 5.41) is 0. The van der Waals surface area contributed by atoms with E-state index in [4.69, 9.17) is 10.5 Å². The van der Waals surface area contributed by atoms with Crippen LogP contribution in [0.3, 0.4) is 0 Å². The fourth-order valence-electron chi connectivity index (χ4n) is 1.67. The summed E-state index contributed by atoms with van der Waals surface area (Å²) in [6.07, 6.45) is 0.911. The van der Waals surface area contributed by atoms with Crippen LogP contribution < -0.4 is 10.5 Å². The van der Waals surface area contributed by atoms with Gasteiger partial charge in [-0.15, -0.1) is 0 Å². The molecule has 1 unspecified atom stereocenters. The van der Waals surface area contributed by atoms with Crippen LogP contribution in [0, 0.1) is 5.82 Å². The molecule has 0 saturated heterocycles. The molecular weight excluding hydrogens is 219 g/mol. The van der Waals surface area contributed by atoms with Crippen molar-refractivity contribution in [2.45, 2.75) is 25.9 Å². The van der Waals surface area contributed by atoms with Crippen molar-refractivity contribution in [3.05, 3.63) is 29.6 Å². The maximum atomic E-state index is 13.7. The SMILES string of the molecule is COc1ccc(CN(C)C(C)CCN)c(F)c1. The minimum Gasteiger partial charge on any atom is -0.497 e. The molecule has 0 heterocycles. The van der Waals surface area contributed by atoms with Crippen molar-refractivity contribution >= 4 is 0 Å². The molecule has 0 bridgehead atoms. The third kappa shape index (κ3) is 3.98. The van der Waals surface area contributed by atoms with Gasteiger partial charge in [0.25, 0.3) is 0 Å². The van der Waals surface area contributed by atoms with Crippen molar-refractivity contribution in [2.75, 3.05) is 20.7 Å². The first-order chi connectivity index (χ1) is 8.08. The number of nitrogens with two attached hydrogens (primary N) is 1. The lowest BCUT2D eigenvalue weighted by Gasteiger charge is -2.24. The van der Waals surface area contributed by atoms with E-state index in [2.05, 4.69) is 11.8 Å². The van der Waals surface area contributed by atoms with E-state index >= 15 is 0 Å². The highest BCUT2D eigenvalue weighted by Crippen LogP contribution is 2.18. The average molecular weight is 240 g/mol. The maximum Gasteiger partial charge on any atom is 0.131 e. The number of ether oxygens (including phenoxy) is 1. The minimum atomic E-state index is -0.226. The van der Waals surface area contributed by atoms with Gasteiger partial charge in [0, 0.05) is 24.2 Å². The summed E-state index contributed by atoms with van der Waals surface area (Å²) in [7, 11) is 3.51. The zero-order valence-electron chi connectivity index (χ0n) is 10.7. The summed E-state index contributed by atoms with van der Waals surface area (Å²) in [5.41, 5.74) is 6.19. The standard InChI is InChI=1S/C13H21FN2O/c1-10(6-7-15)16(2)9-11-4-5-12(17-3)8-13(11)14/h4-5,8,10H,6-7,9,15H2,1-3H3. The molecule has 1 atom stereocenters. The van der Waals surface area contributed by atoms with Crippen molar-refractivity contribution in [1.29, 1.82) is 0 Å². The quantitative estimate of drug-likeness (QED) is 0.826. The van der Waals surface area contributed by atoms with Gasteiger partial charge in [0.1, 0.15) is 11.6 Å². The fourth-order valence-corrected chi connectivity index (χ4v) is 1.67.